The van der Waals surface area contributed by atoms with Gasteiger partial charge in [-0.1, -0.05) is 6.07 Å². The van der Waals surface area contributed by atoms with Crippen molar-refractivity contribution in [2.45, 2.75) is 19.1 Å². The van der Waals surface area contributed by atoms with Crippen LogP contribution in [0.3, 0.4) is 0 Å². The first kappa shape index (κ1) is 29.0. The Kier molecular flexibility index (Phi) is 8.23. The lowest BCUT2D eigenvalue weighted by atomic mass is 10.1. The molecule has 3 heterocycles. The number of benzene rings is 2. The Morgan fingerprint density at radius 1 is 1.14 bits per heavy atom. The monoisotopic (exact) mass is 599 g/mol. The minimum Gasteiger partial charge on any atom is -0.772 e. The van der Waals surface area contributed by atoms with E-state index in [1.54, 1.807) is 63.7 Å². The molecule has 0 fully saturated rings. The second-order valence-electron chi connectivity index (χ2n) is 9.54. The van der Waals surface area contributed by atoms with E-state index in [2.05, 4.69) is 29.9 Å². The maximum atomic E-state index is 12.7. The molecular weight excluding hydrogens is 576 g/mol. The van der Waals surface area contributed by atoms with Gasteiger partial charge < -0.3 is 28.9 Å². The fourth-order valence-electron chi connectivity index (χ4n) is 4.00. The average molecular weight is 600 g/mol. The van der Waals surface area contributed by atoms with Crippen LogP contribution in [-0.4, -0.2) is 63.6 Å². The molecule has 0 aliphatic rings. The Bertz CT molecular complexity index is 1970. The number of hydrogen-bond acceptors (Lipinski definition) is 11. The molecule has 218 valence electrons. The van der Waals surface area contributed by atoms with Crippen molar-refractivity contribution in [1.82, 2.24) is 34.8 Å². The Labute approximate surface area is 246 Å². The van der Waals surface area contributed by atoms with Crippen LogP contribution in [0.1, 0.15) is 22.4 Å². The van der Waals surface area contributed by atoms with Crippen molar-refractivity contribution < 1.29 is 23.0 Å². The lowest BCUT2D eigenvalue weighted by Gasteiger charge is -2.14. The van der Waals surface area contributed by atoms with Gasteiger partial charge in [0.2, 0.25) is 5.91 Å². The normalized spacial score (nSPS) is 11.6. The second-order valence-corrected chi connectivity index (χ2v) is 10.4. The summed E-state index contributed by atoms with van der Waals surface area (Å²) in [4.78, 5) is 49.3. The van der Waals surface area contributed by atoms with Crippen molar-refractivity contribution in [3.8, 4) is 40.8 Å². The number of rotatable bonds is 9. The molecule has 0 aliphatic carbocycles. The molecule has 0 spiro atoms. The summed E-state index contributed by atoms with van der Waals surface area (Å²) < 4.78 is 34.7. The SMILES string of the molecule is Cc1ccc(C#N)cc1Oc1nc(Oc2cc(CC(=O)N(C)C)cc(-c3ncc[nH]3)c2)c2[nH]c(=O)c(CS(=O)[O-])nc2n1. The Balaban J connectivity index is 1.64. The molecule has 0 aliphatic heterocycles. The van der Waals surface area contributed by atoms with Gasteiger partial charge in [-0.3, -0.25) is 13.8 Å². The molecule has 0 saturated carbocycles. The fraction of sp³-hybridized carbons (Fsp3) is 0.179. The Morgan fingerprint density at radius 2 is 1.95 bits per heavy atom. The highest BCUT2D eigenvalue weighted by Crippen LogP contribution is 2.32. The second kappa shape index (κ2) is 12.2. The van der Waals surface area contributed by atoms with Crippen molar-refractivity contribution in [1.29, 1.82) is 5.26 Å². The minimum absolute atomic E-state index is 0.0189. The average Bonchev–Trinajstić information content (AvgIpc) is 3.50. The predicted molar refractivity (Wildman–Crippen MR) is 153 cm³/mol. The highest BCUT2D eigenvalue weighted by Gasteiger charge is 2.19. The number of aromatic nitrogens is 6. The summed E-state index contributed by atoms with van der Waals surface area (Å²) in [7, 11) is 3.30. The smallest absolute Gasteiger partial charge is 0.327 e. The summed E-state index contributed by atoms with van der Waals surface area (Å²) in [6, 6.07) is 11.7. The number of H-pyrrole nitrogens is 2. The molecule has 14 nitrogen and oxygen atoms in total. The Hall–Kier alpha value is -5.46. The zero-order valence-corrected chi connectivity index (χ0v) is 23.9. The van der Waals surface area contributed by atoms with E-state index in [1.807, 2.05) is 6.07 Å². The molecule has 0 bridgehead atoms. The quantitative estimate of drug-likeness (QED) is 0.236. The van der Waals surface area contributed by atoms with Crippen LogP contribution in [0.25, 0.3) is 22.6 Å². The van der Waals surface area contributed by atoms with Crippen LogP contribution in [0.5, 0.6) is 23.4 Å². The first-order valence-electron chi connectivity index (χ1n) is 12.7. The topological polar surface area (TPSA) is 203 Å². The van der Waals surface area contributed by atoms with E-state index in [4.69, 9.17) is 9.47 Å². The molecule has 5 aromatic rings. The van der Waals surface area contributed by atoms with Crippen LogP contribution in [-0.2, 0) is 28.0 Å². The zero-order valence-electron chi connectivity index (χ0n) is 23.1. The van der Waals surface area contributed by atoms with Crippen molar-refractivity contribution >= 4 is 28.2 Å². The molecule has 2 aromatic carbocycles. The number of aromatic amines is 2. The van der Waals surface area contributed by atoms with Crippen LogP contribution in [0.15, 0.2) is 53.6 Å². The number of aryl methyl sites for hydroxylation is 1. The van der Waals surface area contributed by atoms with Gasteiger partial charge in [-0.2, -0.15) is 15.2 Å². The van der Waals surface area contributed by atoms with Crippen LogP contribution in [0, 0.1) is 18.3 Å². The zero-order chi connectivity index (χ0) is 30.7. The lowest BCUT2D eigenvalue weighted by Crippen LogP contribution is -2.23. The van der Waals surface area contributed by atoms with Crippen molar-refractivity contribution in [2.24, 2.45) is 0 Å². The van der Waals surface area contributed by atoms with Gasteiger partial charge in [0, 0.05) is 32.1 Å². The van der Waals surface area contributed by atoms with Crippen molar-refractivity contribution in [3.05, 3.63) is 81.5 Å². The number of amides is 1. The van der Waals surface area contributed by atoms with Crippen LogP contribution >= 0.6 is 0 Å². The number of carbonyl (C=O) groups excluding carboxylic acids is 1. The maximum absolute atomic E-state index is 12.7. The van der Waals surface area contributed by atoms with E-state index in [0.29, 0.717) is 33.8 Å². The number of fused-ring (bicyclic) bond motifs is 1. The van der Waals surface area contributed by atoms with Gasteiger partial charge in [-0.05, 0) is 59.5 Å². The molecular formula is C28H23N8O6S-. The molecule has 5 rings (SSSR count). The summed E-state index contributed by atoms with van der Waals surface area (Å²) in [5.74, 6) is 0.124. The van der Waals surface area contributed by atoms with Crippen molar-refractivity contribution in [2.75, 3.05) is 14.1 Å². The number of nitrogens with zero attached hydrogens (tertiary/aromatic N) is 6. The minimum atomic E-state index is -2.59. The van der Waals surface area contributed by atoms with Crippen molar-refractivity contribution in [3.63, 3.8) is 0 Å². The number of hydrogen-bond donors (Lipinski definition) is 2. The van der Waals surface area contributed by atoms with Gasteiger partial charge in [0.1, 0.15) is 23.0 Å². The molecule has 1 atom stereocenters. The number of nitriles is 1. The van der Waals surface area contributed by atoms with E-state index in [1.165, 1.54) is 11.0 Å². The maximum Gasteiger partial charge on any atom is 0.327 e. The standard InChI is InChI=1S/C28H24N8O6S/c1-15-4-5-16(13-29)10-21(15)42-28-34-25-23(33-26(38)20(32-25)14-43(39)40)27(35-28)41-19-9-17(11-22(37)36(2)3)8-18(12-19)24-30-6-7-31-24/h4-10,12H,11,14H2,1-3H3,(H,30,31)(H,33,38)(H,39,40)/p-1. The number of nitrogens with one attached hydrogen (secondary N) is 2. The van der Waals surface area contributed by atoms with Gasteiger partial charge in [0.05, 0.1) is 23.8 Å². The molecule has 43 heavy (non-hydrogen) atoms. The third kappa shape index (κ3) is 6.72. The molecule has 0 saturated heterocycles. The van der Waals surface area contributed by atoms with Crippen LogP contribution in [0.2, 0.25) is 0 Å². The number of ether oxygens (including phenoxy) is 2. The predicted octanol–water partition coefficient (Wildman–Crippen LogP) is 2.88. The molecule has 1 unspecified atom stereocenters. The van der Waals surface area contributed by atoms with E-state index in [9.17, 15) is 23.6 Å². The van der Waals surface area contributed by atoms with E-state index in [0.717, 1.165) is 0 Å². The fourth-order valence-corrected chi connectivity index (χ4v) is 4.42. The van der Waals surface area contributed by atoms with Gasteiger partial charge in [-0.15, -0.1) is 0 Å². The first-order valence-corrected chi connectivity index (χ1v) is 13.9. The number of likely N-dealkylation sites (N-methyl/N-ethyl adjacent to an activating group) is 1. The van der Waals surface area contributed by atoms with Crippen LogP contribution < -0.4 is 15.0 Å². The summed E-state index contributed by atoms with van der Waals surface area (Å²) in [5, 5.41) is 9.31. The number of imidazole rings is 1. The van der Waals surface area contributed by atoms with E-state index < -0.39 is 22.4 Å². The van der Waals surface area contributed by atoms with E-state index >= 15 is 0 Å². The summed E-state index contributed by atoms with van der Waals surface area (Å²) in [6.45, 7) is 1.77. The van der Waals surface area contributed by atoms with Gasteiger partial charge in [0.15, 0.2) is 11.2 Å². The largest absolute Gasteiger partial charge is 0.772 e. The van der Waals surface area contributed by atoms with Gasteiger partial charge in [0.25, 0.3) is 11.4 Å². The molecule has 0 radical (unpaired) electrons. The highest BCUT2D eigenvalue weighted by atomic mass is 32.2. The molecule has 15 heteroatoms. The summed E-state index contributed by atoms with van der Waals surface area (Å²) in [6.07, 6.45) is 3.31. The lowest BCUT2D eigenvalue weighted by molar-refractivity contribution is -0.127. The summed E-state index contributed by atoms with van der Waals surface area (Å²) in [5.41, 5.74) is 1.09. The van der Waals surface area contributed by atoms with Gasteiger partial charge in [-0.25, -0.2) is 9.97 Å². The summed E-state index contributed by atoms with van der Waals surface area (Å²) >= 11 is -2.59. The molecule has 3 aromatic heterocycles. The van der Waals surface area contributed by atoms with Crippen LogP contribution in [0.4, 0.5) is 0 Å². The first-order chi connectivity index (χ1) is 20.6. The third-order valence-corrected chi connectivity index (χ3v) is 6.67. The van der Waals surface area contributed by atoms with E-state index in [-0.39, 0.29) is 46.8 Å². The third-order valence-electron chi connectivity index (χ3n) is 6.16. The number of carbonyl (C=O) groups is 1. The Morgan fingerprint density at radius 3 is 2.65 bits per heavy atom. The van der Waals surface area contributed by atoms with Gasteiger partial charge >= 0.3 is 6.01 Å². The highest BCUT2D eigenvalue weighted by molar-refractivity contribution is 7.78. The molecule has 1 amide bonds. The molecule has 2 N–H and O–H groups in total.